The van der Waals surface area contributed by atoms with Gasteiger partial charge in [-0.15, -0.1) is 12.4 Å². The number of hydrogen-bond donors (Lipinski definition) is 2. The van der Waals surface area contributed by atoms with Crippen molar-refractivity contribution in [1.29, 1.82) is 0 Å². The average molecular weight is 416 g/mol. The summed E-state index contributed by atoms with van der Waals surface area (Å²) in [6, 6.07) is 6.29. The molecule has 2 atom stereocenters. The van der Waals surface area contributed by atoms with Crippen molar-refractivity contribution in [2.75, 3.05) is 32.7 Å². The van der Waals surface area contributed by atoms with Gasteiger partial charge in [-0.1, -0.05) is 13.8 Å². The molecule has 0 bridgehead atoms. The lowest BCUT2D eigenvalue weighted by Gasteiger charge is -2.21. The van der Waals surface area contributed by atoms with Crippen LogP contribution in [-0.2, 0) is 10.0 Å². The van der Waals surface area contributed by atoms with Crippen LogP contribution in [0.3, 0.4) is 0 Å². The Morgan fingerprint density at radius 1 is 1.15 bits per heavy atom. The molecular weight excluding hydrogens is 386 g/mol. The van der Waals surface area contributed by atoms with Gasteiger partial charge < -0.3 is 10.2 Å². The summed E-state index contributed by atoms with van der Waals surface area (Å²) in [5.41, 5.74) is 0.554. The Hall–Kier alpha value is -1.15. The number of likely N-dealkylation sites (tertiary alicyclic amines) is 1. The van der Waals surface area contributed by atoms with Gasteiger partial charge in [-0.3, -0.25) is 4.79 Å². The van der Waals surface area contributed by atoms with Crippen LogP contribution in [-0.4, -0.2) is 51.9 Å². The van der Waals surface area contributed by atoms with Gasteiger partial charge in [-0.25, -0.2) is 13.1 Å². The van der Waals surface area contributed by atoms with Gasteiger partial charge in [0.15, 0.2) is 0 Å². The molecule has 2 saturated heterocycles. The first kappa shape index (κ1) is 22.1. The Kier molecular flexibility index (Phi) is 7.68. The van der Waals surface area contributed by atoms with E-state index in [1.54, 1.807) is 12.1 Å². The lowest BCUT2D eigenvalue weighted by atomic mass is 9.92. The third-order valence-electron chi connectivity index (χ3n) is 5.40. The summed E-state index contributed by atoms with van der Waals surface area (Å²) in [7, 11) is -3.52. The van der Waals surface area contributed by atoms with Gasteiger partial charge in [0.05, 0.1) is 4.90 Å². The van der Waals surface area contributed by atoms with E-state index in [-0.39, 0.29) is 29.1 Å². The van der Waals surface area contributed by atoms with E-state index < -0.39 is 10.0 Å². The molecule has 2 N–H and O–H groups in total. The second kappa shape index (κ2) is 9.37. The molecule has 0 unspecified atom stereocenters. The van der Waals surface area contributed by atoms with Crippen molar-refractivity contribution in [3.8, 4) is 0 Å². The first-order valence-electron chi connectivity index (χ1n) is 9.46. The molecule has 1 aromatic rings. The largest absolute Gasteiger partial charge is 0.339 e. The fourth-order valence-corrected chi connectivity index (χ4v) is 4.95. The molecule has 2 fully saturated rings. The van der Waals surface area contributed by atoms with E-state index >= 15 is 0 Å². The van der Waals surface area contributed by atoms with Crippen LogP contribution in [0.1, 0.15) is 37.0 Å². The molecule has 8 heteroatoms. The highest BCUT2D eigenvalue weighted by Gasteiger charge is 2.31. The van der Waals surface area contributed by atoms with Gasteiger partial charge in [0, 0.05) is 25.2 Å². The molecule has 6 nitrogen and oxygen atoms in total. The van der Waals surface area contributed by atoms with Gasteiger partial charge in [0.2, 0.25) is 10.0 Å². The summed E-state index contributed by atoms with van der Waals surface area (Å²) in [5, 5.41) is 3.44. The van der Waals surface area contributed by atoms with Gasteiger partial charge in [0.25, 0.3) is 5.91 Å². The van der Waals surface area contributed by atoms with Crippen molar-refractivity contribution in [1.82, 2.24) is 14.9 Å². The standard InChI is InChI=1S/C19H29N3O3S.ClH/c1-14(2)11-21-26(24,25)18-5-3-15(4-6-18)19(23)22-9-7-16-12-20-13-17(16)8-10-22;/h3-6,14,16-17,20-21H,7-13H2,1-2H3;1H/t16-,17+;. The maximum atomic E-state index is 12.8. The molecule has 0 aliphatic carbocycles. The number of fused-ring (bicyclic) bond motifs is 1. The lowest BCUT2D eigenvalue weighted by Crippen LogP contribution is -2.33. The highest BCUT2D eigenvalue weighted by molar-refractivity contribution is 7.89. The minimum absolute atomic E-state index is 0. The van der Waals surface area contributed by atoms with Crippen LogP contribution in [0.25, 0.3) is 0 Å². The van der Waals surface area contributed by atoms with E-state index in [2.05, 4.69) is 10.0 Å². The van der Waals surface area contributed by atoms with E-state index in [4.69, 9.17) is 0 Å². The van der Waals surface area contributed by atoms with Crippen LogP contribution < -0.4 is 10.0 Å². The molecule has 3 rings (SSSR count). The molecule has 0 spiro atoms. The van der Waals surface area contributed by atoms with Gasteiger partial charge in [-0.2, -0.15) is 0 Å². The van der Waals surface area contributed by atoms with Crippen LogP contribution >= 0.6 is 12.4 Å². The molecule has 152 valence electrons. The number of carbonyl (C=O) groups is 1. The smallest absolute Gasteiger partial charge is 0.253 e. The second-order valence-electron chi connectivity index (χ2n) is 7.82. The minimum atomic E-state index is -3.52. The number of benzene rings is 1. The molecule has 0 aromatic heterocycles. The minimum Gasteiger partial charge on any atom is -0.339 e. The summed E-state index contributed by atoms with van der Waals surface area (Å²) in [6.07, 6.45) is 2.07. The van der Waals surface area contributed by atoms with Crippen molar-refractivity contribution < 1.29 is 13.2 Å². The Morgan fingerprint density at radius 2 is 1.70 bits per heavy atom. The number of hydrogen-bond acceptors (Lipinski definition) is 4. The maximum Gasteiger partial charge on any atom is 0.253 e. The van der Waals surface area contributed by atoms with Crippen LogP contribution in [0.15, 0.2) is 29.2 Å². The molecule has 1 aromatic carbocycles. The van der Waals surface area contributed by atoms with Crippen molar-refractivity contribution in [3.05, 3.63) is 29.8 Å². The second-order valence-corrected chi connectivity index (χ2v) is 9.59. The lowest BCUT2D eigenvalue weighted by molar-refractivity contribution is 0.0758. The van der Waals surface area contributed by atoms with Crippen LogP contribution in [0.2, 0.25) is 0 Å². The number of halogens is 1. The summed E-state index contributed by atoms with van der Waals surface area (Å²) in [5.74, 6) is 1.58. The maximum absolute atomic E-state index is 12.8. The number of carbonyl (C=O) groups excluding carboxylic acids is 1. The number of nitrogens with zero attached hydrogens (tertiary/aromatic N) is 1. The number of amides is 1. The molecule has 2 aliphatic heterocycles. The van der Waals surface area contributed by atoms with E-state index in [0.29, 0.717) is 23.9 Å². The number of sulfonamides is 1. The summed E-state index contributed by atoms with van der Waals surface area (Å²) in [6.45, 7) is 7.97. The zero-order valence-corrected chi connectivity index (χ0v) is 17.6. The Balaban J connectivity index is 0.00000261. The highest BCUT2D eigenvalue weighted by Crippen LogP contribution is 2.27. The van der Waals surface area contributed by atoms with E-state index in [1.165, 1.54) is 12.1 Å². The Morgan fingerprint density at radius 3 is 2.22 bits per heavy atom. The average Bonchev–Trinajstić information content (AvgIpc) is 2.98. The van der Waals surface area contributed by atoms with Crippen LogP contribution in [0.5, 0.6) is 0 Å². The topological polar surface area (TPSA) is 78.5 Å². The molecule has 0 saturated carbocycles. The zero-order chi connectivity index (χ0) is 18.7. The predicted molar refractivity (Wildman–Crippen MR) is 109 cm³/mol. The van der Waals surface area contributed by atoms with Crippen molar-refractivity contribution in [2.24, 2.45) is 17.8 Å². The molecule has 0 radical (unpaired) electrons. The third kappa shape index (κ3) is 5.44. The number of nitrogens with one attached hydrogen (secondary N) is 2. The molecular formula is C19H30ClN3O3S. The number of rotatable bonds is 5. The molecule has 2 aliphatic rings. The quantitative estimate of drug-likeness (QED) is 0.772. The summed E-state index contributed by atoms with van der Waals surface area (Å²) in [4.78, 5) is 14.9. The van der Waals surface area contributed by atoms with Crippen LogP contribution in [0.4, 0.5) is 0 Å². The van der Waals surface area contributed by atoms with Gasteiger partial charge >= 0.3 is 0 Å². The predicted octanol–water partition coefficient (Wildman–Crippen LogP) is 2.11. The Labute approximate surface area is 168 Å². The molecule has 27 heavy (non-hydrogen) atoms. The Bertz CT molecular complexity index is 723. The molecule has 1 amide bonds. The zero-order valence-electron chi connectivity index (χ0n) is 16.0. The fraction of sp³-hybridized carbons (Fsp3) is 0.632. The van der Waals surface area contributed by atoms with Crippen molar-refractivity contribution in [2.45, 2.75) is 31.6 Å². The third-order valence-corrected chi connectivity index (χ3v) is 6.84. The van der Waals surface area contributed by atoms with Crippen LogP contribution in [0, 0.1) is 17.8 Å². The first-order chi connectivity index (χ1) is 12.4. The van der Waals surface area contributed by atoms with Crippen molar-refractivity contribution in [3.63, 3.8) is 0 Å². The summed E-state index contributed by atoms with van der Waals surface area (Å²) < 4.78 is 27.1. The van der Waals surface area contributed by atoms with Gasteiger partial charge in [-0.05, 0) is 68.0 Å². The summed E-state index contributed by atoms with van der Waals surface area (Å²) >= 11 is 0. The fourth-order valence-electron chi connectivity index (χ4n) is 3.74. The monoisotopic (exact) mass is 415 g/mol. The SMILES string of the molecule is CC(C)CNS(=O)(=O)c1ccc(C(=O)N2CC[C@@H]3CNC[C@@H]3CC2)cc1.Cl. The van der Waals surface area contributed by atoms with E-state index in [1.807, 2.05) is 18.7 Å². The highest BCUT2D eigenvalue weighted by atomic mass is 35.5. The van der Waals surface area contributed by atoms with E-state index in [0.717, 1.165) is 39.0 Å². The van der Waals surface area contributed by atoms with Gasteiger partial charge in [0.1, 0.15) is 0 Å². The van der Waals surface area contributed by atoms with Crippen molar-refractivity contribution >= 4 is 28.3 Å². The normalized spacial score (nSPS) is 22.9. The first-order valence-corrected chi connectivity index (χ1v) is 10.9. The van der Waals surface area contributed by atoms with E-state index in [9.17, 15) is 13.2 Å². The molecule has 2 heterocycles.